The second-order valence-corrected chi connectivity index (χ2v) is 5.16. The Bertz CT molecular complexity index is 865. The molecule has 1 N–H and O–H groups in total. The van der Waals surface area contributed by atoms with Gasteiger partial charge in [0, 0.05) is 5.39 Å². The van der Waals surface area contributed by atoms with E-state index in [1.54, 1.807) is 10.7 Å². The zero-order valence-corrected chi connectivity index (χ0v) is 12.1. The standard InChI is InChI=1S/C16H15N3O2/c1-9-4-7-14(10(2)8-9)19-15-12(11(3)18-19)5-6-13(17-15)16(20)21/h4-8H,1-3H3,(H,20,21). The van der Waals surface area contributed by atoms with E-state index < -0.39 is 5.97 Å². The van der Waals surface area contributed by atoms with Crippen LogP contribution in [0, 0.1) is 20.8 Å². The van der Waals surface area contributed by atoms with Gasteiger partial charge >= 0.3 is 5.97 Å². The average molecular weight is 281 g/mol. The second-order valence-electron chi connectivity index (χ2n) is 5.16. The summed E-state index contributed by atoms with van der Waals surface area (Å²) in [7, 11) is 0. The van der Waals surface area contributed by atoms with Gasteiger partial charge in [0.15, 0.2) is 11.3 Å². The van der Waals surface area contributed by atoms with Crippen LogP contribution in [-0.2, 0) is 0 Å². The smallest absolute Gasteiger partial charge is 0.354 e. The highest BCUT2D eigenvalue weighted by Crippen LogP contribution is 2.23. The lowest BCUT2D eigenvalue weighted by Crippen LogP contribution is -2.04. The summed E-state index contributed by atoms with van der Waals surface area (Å²) in [5.74, 6) is -1.04. The summed E-state index contributed by atoms with van der Waals surface area (Å²) >= 11 is 0. The van der Waals surface area contributed by atoms with Crippen molar-refractivity contribution in [2.45, 2.75) is 20.8 Å². The van der Waals surface area contributed by atoms with Crippen molar-refractivity contribution in [2.75, 3.05) is 0 Å². The van der Waals surface area contributed by atoms with Gasteiger partial charge in [-0.3, -0.25) is 0 Å². The Hall–Kier alpha value is -2.69. The fourth-order valence-corrected chi connectivity index (χ4v) is 2.47. The minimum Gasteiger partial charge on any atom is -0.477 e. The molecule has 5 nitrogen and oxygen atoms in total. The Balaban J connectivity index is 2.31. The van der Waals surface area contributed by atoms with Gasteiger partial charge in [-0.05, 0) is 44.5 Å². The van der Waals surface area contributed by atoms with Crippen LogP contribution in [0.3, 0.4) is 0 Å². The molecular formula is C16H15N3O2. The van der Waals surface area contributed by atoms with Crippen LogP contribution in [0.2, 0.25) is 0 Å². The van der Waals surface area contributed by atoms with Crippen molar-refractivity contribution >= 4 is 17.0 Å². The summed E-state index contributed by atoms with van der Waals surface area (Å²) in [5.41, 5.74) is 4.57. The molecule has 106 valence electrons. The molecule has 2 heterocycles. The number of carbonyl (C=O) groups is 1. The van der Waals surface area contributed by atoms with Crippen LogP contribution in [0.25, 0.3) is 16.7 Å². The summed E-state index contributed by atoms with van der Waals surface area (Å²) in [6.07, 6.45) is 0. The number of benzene rings is 1. The molecular weight excluding hydrogens is 266 g/mol. The highest BCUT2D eigenvalue weighted by atomic mass is 16.4. The minimum atomic E-state index is -1.04. The second kappa shape index (κ2) is 4.70. The van der Waals surface area contributed by atoms with Gasteiger partial charge in [-0.1, -0.05) is 17.7 Å². The Morgan fingerprint density at radius 3 is 2.57 bits per heavy atom. The molecule has 0 aliphatic heterocycles. The van der Waals surface area contributed by atoms with Crippen LogP contribution in [0.5, 0.6) is 0 Å². The molecule has 0 unspecified atom stereocenters. The summed E-state index contributed by atoms with van der Waals surface area (Å²) in [6.45, 7) is 5.93. The fraction of sp³-hybridized carbons (Fsp3) is 0.188. The highest BCUT2D eigenvalue weighted by molar-refractivity contribution is 5.90. The van der Waals surface area contributed by atoms with Gasteiger partial charge in [0.05, 0.1) is 11.4 Å². The van der Waals surface area contributed by atoms with E-state index in [0.717, 1.165) is 22.3 Å². The average Bonchev–Trinajstić information content (AvgIpc) is 2.75. The van der Waals surface area contributed by atoms with Crippen molar-refractivity contribution in [3.05, 3.63) is 52.8 Å². The normalized spacial score (nSPS) is 11.0. The van der Waals surface area contributed by atoms with Crippen LogP contribution < -0.4 is 0 Å². The summed E-state index contributed by atoms with van der Waals surface area (Å²) in [5, 5.41) is 14.5. The van der Waals surface area contributed by atoms with Gasteiger partial charge in [-0.25, -0.2) is 14.5 Å². The Morgan fingerprint density at radius 1 is 1.14 bits per heavy atom. The number of carboxylic acids is 1. The van der Waals surface area contributed by atoms with Crippen LogP contribution in [-0.4, -0.2) is 25.8 Å². The zero-order valence-electron chi connectivity index (χ0n) is 12.1. The highest BCUT2D eigenvalue weighted by Gasteiger charge is 2.14. The van der Waals surface area contributed by atoms with Crippen LogP contribution in [0.1, 0.15) is 27.3 Å². The number of aromatic nitrogens is 3. The first-order chi connectivity index (χ1) is 9.97. The molecule has 0 radical (unpaired) electrons. The lowest BCUT2D eigenvalue weighted by Gasteiger charge is -2.08. The quantitative estimate of drug-likeness (QED) is 0.784. The summed E-state index contributed by atoms with van der Waals surface area (Å²) in [4.78, 5) is 15.4. The molecule has 0 spiro atoms. The van der Waals surface area contributed by atoms with E-state index >= 15 is 0 Å². The van der Waals surface area contributed by atoms with E-state index in [4.69, 9.17) is 5.11 Å². The van der Waals surface area contributed by atoms with E-state index in [2.05, 4.69) is 16.1 Å². The third-order valence-corrected chi connectivity index (χ3v) is 3.52. The monoisotopic (exact) mass is 281 g/mol. The Morgan fingerprint density at radius 2 is 1.90 bits per heavy atom. The largest absolute Gasteiger partial charge is 0.477 e. The maximum absolute atomic E-state index is 11.1. The maximum Gasteiger partial charge on any atom is 0.354 e. The Kier molecular flexibility index (Phi) is 2.97. The lowest BCUT2D eigenvalue weighted by molar-refractivity contribution is 0.0691. The van der Waals surface area contributed by atoms with E-state index in [0.29, 0.717) is 5.65 Å². The molecule has 0 bridgehead atoms. The molecule has 3 rings (SSSR count). The molecule has 0 atom stereocenters. The van der Waals surface area contributed by atoms with Crippen molar-refractivity contribution in [2.24, 2.45) is 0 Å². The number of aryl methyl sites for hydroxylation is 3. The zero-order chi connectivity index (χ0) is 15.1. The molecule has 0 amide bonds. The minimum absolute atomic E-state index is 0.0217. The van der Waals surface area contributed by atoms with Gasteiger partial charge in [-0.15, -0.1) is 0 Å². The molecule has 2 aromatic heterocycles. The molecule has 0 saturated carbocycles. The first kappa shape index (κ1) is 13.3. The van der Waals surface area contributed by atoms with Crippen molar-refractivity contribution in [1.82, 2.24) is 14.8 Å². The number of carboxylic acid groups (broad SMARTS) is 1. The predicted molar refractivity (Wildman–Crippen MR) is 80.0 cm³/mol. The van der Waals surface area contributed by atoms with E-state index in [1.165, 1.54) is 11.6 Å². The summed E-state index contributed by atoms with van der Waals surface area (Å²) in [6, 6.07) is 9.32. The van der Waals surface area contributed by atoms with Crippen LogP contribution in [0.4, 0.5) is 0 Å². The van der Waals surface area contributed by atoms with E-state index in [9.17, 15) is 4.79 Å². The predicted octanol–water partition coefficient (Wildman–Crippen LogP) is 3.04. The van der Waals surface area contributed by atoms with Gasteiger partial charge < -0.3 is 5.11 Å². The molecule has 0 aliphatic carbocycles. The number of hydrogen-bond donors (Lipinski definition) is 1. The molecule has 0 saturated heterocycles. The van der Waals surface area contributed by atoms with E-state index in [1.807, 2.05) is 32.9 Å². The van der Waals surface area contributed by atoms with Gasteiger partial charge in [-0.2, -0.15) is 5.10 Å². The lowest BCUT2D eigenvalue weighted by atomic mass is 10.1. The molecule has 5 heteroatoms. The topological polar surface area (TPSA) is 68.0 Å². The first-order valence-electron chi connectivity index (χ1n) is 6.64. The Labute approximate surface area is 121 Å². The third kappa shape index (κ3) is 2.16. The fourth-order valence-electron chi connectivity index (χ4n) is 2.47. The molecule has 0 aliphatic rings. The van der Waals surface area contributed by atoms with Crippen molar-refractivity contribution in [3.63, 3.8) is 0 Å². The third-order valence-electron chi connectivity index (χ3n) is 3.52. The molecule has 0 fully saturated rings. The summed E-state index contributed by atoms with van der Waals surface area (Å²) < 4.78 is 1.71. The van der Waals surface area contributed by atoms with Crippen molar-refractivity contribution < 1.29 is 9.90 Å². The molecule has 21 heavy (non-hydrogen) atoms. The first-order valence-corrected chi connectivity index (χ1v) is 6.64. The van der Waals surface area contributed by atoms with Crippen LogP contribution >= 0.6 is 0 Å². The molecule has 1 aromatic carbocycles. The van der Waals surface area contributed by atoms with Crippen LogP contribution in [0.15, 0.2) is 30.3 Å². The van der Waals surface area contributed by atoms with E-state index in [-0.39, 0.29) is 5.69 Å². The number of hydrogen-bond acceptors (Lipinski definition) is 3. The van der Waals surface area contributed by atoms with Gasteiger partial charge in [0.25, 0.3) is 0 Å². The van der Waals surface area contributed by atoms with Crippen molar-refractivity contribution in [3.8, 4) is 5.69 Å². The number of fused-ring (bicyclic) bond motifs is 1. The number of nitrogens with zero attached hydrogens (tertiary/aromatic N) is 3. The SMILES string of the molecule is Cc1ccc(-n2nc(C)c3ccc(C(=O)O)nc32)c(C)c1. The van der Waals surface area contributed by atoms with Crippen molar-refractivity contribution in [1.29, 1.82) is 0 Å². The number of pyridine rings is 1. The van der Waals surface area contributed by atoms with Gasteiger partial charge in [0.1, 0.15) is 0 Å². The van der Waals surface area contributed by atoms with Gasteiger partial charge in [0.2, 0.25) is 0 Å². The number of aromatic carboxylic acids is 1. The molecule has 3 aromatic rings. The maximum atomic E-state index is 11.1. The number of rotatable bonds is 2.